The second-order valence-electron chi connectivity index (χ2n) is 10.2. The largest absolute Gasteiger partial charge is 0.447 e. The van der Waals surface area contributed by atoms with Crippen LogP contribution in [0, 0.1) is 11.8 Å². The number of carbonyl (C=O) groups is 1. The molecule has 7 nitrogen and oxygen atoms in total. The molecule has 1 saturated carbocycles. The van der Waals surface area contributed by atoms with Crippen LogP contribution in [0.15, 0.2) is 53.4 Å². The fraction of sp³-hybridized carbons (Fsp3) is 0.519. The molecule has 1 atom stereocenters. The van der Waals surface area contributed by atoms with Crippen LogP contribution in [0.2, 0.25) is 5.02 Å². The molecule has 0 radical (unpaired) electrons. The second-order valence-corrected chi connectivity index (χ2v) is 12.5. The van der Waals surface area contributed by atoms with E-state index in [1.165, 1.54) is 29.3 Å². The highest BCUT2D eigenvalue weighted by Crippen LogP contribution is 2.36. The lowest BCUT2D eigenvalue weighted by Crippen LogP contribution is -2.47. The Labute approximate surface area is 219 Å². The minimum atomic E-state index is -3.87. The van der Waals surface area contributed by atoms with E-state index in [2.05, 4.69) is 24.3 Å². The van der Waals surface area contributed by atoms with Crippen molar-refractivity contribution < 1.29 is 17.9 Å². The van der Waals surface area contributed by atoms with Gasteiger partial charge in [-0.15, -0.1) is 0 Å². The van der Waals surface area contributed by atoms with Crippen LogP contribution in [0.1, 0.15) is 37.7 Å². The molecule has 2 aromatic carbocycles. The number of amides is 1. The highest BCUT2D eigenvalue weighted by Gasteiger charge is 2.36. The van der Waals surface area contributed by atoms with Gasteiger partial charge in [-0.05, 0) is 100 Å². The Morgan fingerprint density at radius 3 is 2.39 bits per heavy atom. The summed E-state index contributed by atoms with van der Waals surface area (Å²) in [6.45, 7) is 1.69. The van der Waals surface area contributed by atoms with Crippen molar-refractivity contribution in [3.05, 3.63) is 59.1 Å². The number of hydrogen-bond acceptors (Lipinski definition) is 5. The quantitative estimate of drug-likeness (QED) is 0.519. The molecule has 0 bridgehead atoms. The van der Waals surface area contributed by atoms with Gasteiger partial charge < -0.3 is 15.0 Å². The summed E-state index contributed by atoms with van der Waals surface area (Å²) in [6.07, 6.45) is 5.35. The Kier molecular flexibility index (Phi) is 8.80. The summed E-state index contributed by atoms with van der Waals surface area (Å²) in [5.74, 6) is 1.19. The van der Waals surface area contributed by atoms with Gasteiger partial charge in [0.05, 0.1) is 16.6 Å². The topological polar surface area (TPSA) is 79.0 Å². The lowest BCUT2D eigenvalue weighted by molar-refractivity contribution is 0.133. The summed E-state index contributed by atoms with van der Waals surface area (Å²) >= 11 is 5.98. The fourth-order valence-electron chi connectivity index (χ4n) is 5.36. The molecule has 0 aromatic heterocycles. The lowest BCUT2D eigenvalue weighted by atomic mass is 9.82. The van der Waals surface area contributed by atoms with Crippen molar-refractivity contribution in [2.24, 2.45) is 11.8 Å². The number of anilines is 1. The highest BCUT2D eigenvalue weighted by molar-refractivity contribution is 7.92. The number of nitrogens with one attached hydrogen (secondary N) is 1. The van der Waals surface area contributed by atoms with E-state index < -0.39 is 22.2 Å². The maximum Gasteiger partial charge on any atom is 0.407 e. The number of hydrogen-bond donors (Lipinski definition) is 1. The Bertz CT molecular complexity index is 1130. The number of alkyl carbamates (subject to hydrolysis) is 1. The first-order chi connectivity index (χ1) is 17.2. The molecule has 36 heavy (non-hydrogen) atoms. The fourth-order valence-corrected chi connectivity index (χ4v) is 7.18. The summed E-state index contributed by atoms with van der Waals surface area (Å²) in [4.78, 5) is 14.9. The first-order valence-corrected chi connectivity index (χ1v) is 14.5. The van der Waals surface area contributed by atoms with E-state index >= 15 is 0 Å². The summed E-state index contributed by atoms with van der Waals surface area (Å²) in [6, 6.07) is 13.1. The average molecular weight is 534 g/mol. The summed E-state index contributed by atoms with van der Waals surface area (Å²) in [5.41, 5.74) is 1.59. The number of rotatable bonds is 8. The molecule has 2 aromatic rings. The summed E-state index contributed by atoms with van der Waals surface area (Å²) in [7, 11) is 0.342. The molecule has 1 aliphatic heterocycles. The number of nitrogens with zero attached hydrogens (tertiary/aromatic N) is 2. The van der Waals surface area contributed by atoms with Crippen molar-refractivity contribution in [1.82, 2.24) is 10.2 Å². The van der Waals surface area contributed by atoms with Crippen molar-refractivity contribution in [3.8, 4) is 0 Å². The van der Waals surface area contributed by atoms with Crippen LogP contribution in [-0.4, -0.2) is 59.2 Å². The maximum absolute atomic E-state index is 13.7. The average Bonchev–Trinajstić information content (AvgIpc) is 2.86. The number of sulfonamides is 1. The number of aryl methyl sites for hydroxylation is 1. The van der Waals surface area contributed by atoms with Gasteiger partial charge in [0.25, 0.3) is 10.0 Å². The van der Waals surface area contributed by atoms with Crippen molar-refractivity contribution in [1.29, 1.82) is 0 Å². The number of para-hydroxylation sites is 1. The van der Waals surface area contributed by atoms with E-state index in [1.807, 2.05) is 24.3 Å². The van der Waals surface area contributed by atoms with E-state index in [0.29, 0.717) is 36.0 Å². The monoisotopic (exact) mass is 533 g/mol. The minimum Gasteiger partial charge on any atom is -0.447 e. The molecule has 0 saturated heterocycles. The normalized spacial score (nSPS) is 22.2. The molecule has 1 heterocycles. The second kappa shape index (κ2) is 11.8. The lowest BCUT2D eigenvalue weighted by Gasteiger charge is -2.37. The maximum atomic E-state index is 13.7. The van der Waals surface area contributed by atoms with Crippen molar-refractivity contribution in [2.75, 3.05) is 38.1 Å². The van der Waals surface area contributed by atoms with E-state index in [4.69, 9.17) is 16.3 Å². The Morgan fingerprint density at radius 1 is 1.03 bits per heavy atom. The van der Waals surface area contributed by atoms with Gasteiger partial charge in [-0.3, -0.25) is 4.31 Å². The van der Waals surface area contributed by atoms with Gasteiger partial charge >= 0.3 is 6.09 Å². The van der Waals surface area contributed by atoms with Crippen molar-refractivity contribution in [2.45, 2.75) is 49.5 Å². The molecule has 0 spiro atoms. The molecule has 1 unspecified atom stereocenters. The van der Waals surface area contributed by atoms with E-state index in [0.717, 1.165) is 30.9 Å². The first-order valence-electron chi connectivity index (χ1n) is 12.7. The predicted octanol–water partition coefficient (Wildman–Crippen LogP) is 4.94. The first kappa shape index (κ1) is 26.8. The van der Waals surface area contributed by atoms with Gasteiger partial charge in [-0.25, -0.2) is 13.2 Å². The van der Waals surface area contributed by atoms with Crippen LogP contribution < -0.4 is 9.62 Å². The molecule has 196 valence electrons. The number of ether oxygens (including phenoxy) is 1. The third kappa shape index (κ3) is 6.52. The number of halogens is 1. The van der Waals surface area contributed by atoms with Gasteiger partial charge in [0, 0.05) is 18.1 Å². The predicted molar refractivity (Wildman–Crippen MR) is 143 cm³/mol. The van der Waals surface area contributed by atoms with Crippen LogP contribution in [-0.2, 0) is 21.2 Å². The van der Waals surface area contributed by atoms with Crippen LogP contribution in [0.5, 0.6) is 0 Å². The van der Waals surface area contributed by atoms with Crippen LogP contribution in [0.3, 0.4) is 0 Å². The van der Waals surface area contributed by atoms with Crippen molar-refractivity contribution >= 4 is 33.4 Å². The van der Waals surface area contributed by atoms with E-state index in [-0.39, 0.29) is 11.5 Å². The zero-order chi connectivity index (χ0) is 25.7. The number of benzene rings is 2. The SMILES string of the molecule is CN(C)CC1CCC(CNC(=O)OCC2CCc3ccccc3N2S(=O)(=O)c2ccc(Cl)cc2)CC1. The Morgan fingerprint density at radius 2 is 1.69 bits per heavy atom. The number of carbonyl (C=O) groups excluding carboxylic acids is 1. The third-order valence-electron chi connectivity index (χ3n) is 7.21. The van der Waals surface area contributed by atoms with E-state index in [1.54, 1.807) is 12.1 Å². The Balaban J connectivity index is 1.38. The zero-order valence-corrected chi connectivity index (χ0v) is 22.6. The molecule has 1 amide bonds. The highest BCUT2D eigenvalue weighted by atomic mass is 35.5. The van der Waals surface area contributed by atoms with E-state index in [9.17, 15) is 13.2 Å². The minimum absolute atomic E-state index is 0.0113. The zero-order valence-electron chi connectivity index (χ0n) is 21.0. The van der Waals surface area contributed by atoms with Gasteiger partial charge in [-0.1, -0.05) is 29.8 Å². The van der Waals surface area contributed by atoms with Crippen molar-refractivity contribution in [3.63, 3.8) is 0 Å². The molecule has 1 N–H and O–H groups in total. The van der Waals surface area contributed by atoms with Crippen LogP contribution >= 0.6 is 11.6 Å². The smallest absolute Gasteiger partial charge is 0.407 e. The molecule has 2 aliphatic rings. The standard InChI is InChI=1S/C27H36ClN3O4S/c1-30(2)18-21-9-7-20(8-10-21)17-29-27(32)35-19-24-14-11-22-5-3-4-6-26(22)31(24)36(33,34)25-15-12-23(28)13-16-25/h3-6,12-13,15-16,20-21,24H,7-11,14,17-19H2,1-2H3,(H,29,32). The molecular weight excluding hydrogens is 498 g/mol. The van der Waals surface area contributed by atoms with Gasteiger partial charge in [-0.2, -0.15) is 0 Å². The third-order valence-corrected chi connectivity index (χ3v) is 9.34. The molecular formula is C27H36ClN3O4S. The van der Waals surface area contributed by atoms with Gasteiger partial charge in [0.1, 0.15) is 6.61 Å². The number of fused-ring (bicyclic) bond motifs is 1. The molecule has 1 fully saturated rings. The Hall–Kier alpha value is -2.29. The molecule has 4 rings (SSSR count). The summed E-state index contributed by atoms with van der Waals surface area (Å²) < 4.78 is 34.3. The van der Waals surface area contributed by atoms with Crippen LogP contribution in [0.25, 0.3) is 0 Å². The van der Waals surface area contributed by atoms with Crippen LogP contribution in [0.4, 0.5) is 10.5 Å². The summed E-state index contributed by atoms with van der Waals surface area (Å²) in [5, 5.41) is 3.37. The molecule has 1 aliphatic carbocycles. The van der Waals surface area contributed by atoms with Gasteiger partial charge in [0.2, 0.25) is 0 Å². The molecule has 9 heteroatoms. The van der Waals surface area contributed by atoms with Gasteiger partial charge in [0.15, 0.2) is 0 Å².